The molecule has 0 bridgehead atoms. The van der Waals surface area contributed by atoms with Crippen molar-refractivity contribution in [2.24, 2.45) is 0 Å². The second-order valence-corrected chi connectivity index (χ2v) is 10.2. The summed E-state index contributed by atoms with van der Waals surface area (Å²) in [6.07, 6.45) is 4.79. The summed E-state index contributed by atoms with van der Waals surface area (Å²) in [7, 11) is 0. The maximum atomic E-state index is 14.0. The van der Waals surface area contributed by atoms with E-state index in [9.17, 15) is 23.5 Å². The molecule has 1 aliphatic carbocycles. The average molecular weight is 522 g/mol. The molecule has 0 radical (unpaired) electrons. The first-order chi connectivity index (χ1) is 18.1. The van der Waals surface area contributed by atoms with Crippen molar-refractivity contribution in [3.8, 4) is 5.75 Å². The highest BCUT2D eigenvalue weighted by Gasteiger charge is 2.36. The number of hydrogen-bond donors (Lipinski definition) is 2. The van der Waals surface area contributed by atoms with Crippen LogP contribution in [0.15, 0.2) is 54.6 Å². The van der Waals surface area contributed by atoms with E-state index in [1.165, 1.54) is 0 Å². The lowest BCUT2D eigenvalue weighted by Gasteiger charge is -2.39. The number of amides is 1. The minimum Gasteiger partial charge on any atom is -0.486 e. The standard InChI is InChI=1S/C31H33F2NO4/c1-20-14-21(2)16-24(15-20)31(12-4-3-5-13-31)34-30(37)26-17-22(6-7-23(26)8-11-29(35)36)19-38-28-18-25(32)9-10-27(28)33/h6-7,9-10,14-18H,3-5,8,11-13,19H2,1-2H3,(H,34,37)(H,35,36). The minimum atomic E-state index is -0.954. The summed E-state index contributed by atoms with van der Waals surface area (Å²) in [5, 5.41) is 12.6. The Hall–Kier alpha value is -3.74. The molecule has 3 aromatic rings. The number of carboxylic acid groups (broad SMARTS) is 1. The molecular weight excluding hydrogens is 488 g/mol. The molecule has 38 heavy (non-hydrogen) atoms. The van der Waals surface area contributed by atoms with Crippen LogP contribution in [0.2, 0.25) is 0 Å². The fourth-order valence-corrected chi connectivity index (χ4v) is 5.31. The summed E-state index contributed by atoms with van der Waals surface area (Å²) in [6.45, 7) is 4.01. The quantitative estimate of drug-likeness (QED) is 0.326. The van der Waals surface area contributed by atoms with Crippen LogP contribution in [-0.4, -0.2) is 17.0 Å². The lowest BCUT2D eigenvalue weighted by Crippen LogP contribution is -2.47. The first-order valence-corrected chi connectivity index (χ1v) is 13.0. The van der Waals surface area contributed by atoms with Crippen molar-refractivity contribution in [2.75, 3.05) is 0 Å². The van der Waals surface area contributed by atoms with Crippen LogP contribution in [0.3, 0.4) is 0 Å². The molecule has 1 fully saturated rings. The molecule has 0 spiro atoms. The number of carboxylic acids is 1. The summed E-state index contributed by atoms with van der Waals surface area (Å²) >= 11 is 0. The molecule has 0 saturated heterocycles. The molecule has 1 saturated carbocycles. The van der Waals surface area contributed by atoms with Gasteiger partial charge in [-0.25, -0.2) is 8.78 Å². The number of aryl methyl sites for hydroxylation is 3. The van der Waals surface area contributed by atoms with Gasteiger partial charge in [-0.1, -0.05) is 60.7 Å². The molecule has 1 amide bonds. The Balaban J connectivity index is 1.65. The van der Waals surface area contributed by atoms with Gasteiger partial charge in [0.2, 0.25) is 0 Å². The zero-order chi connectivity index (χ0) is 27.3. The monoisotopic (exact) mass is 521 g/mol. The van der Waals surface area contributed by atoms with Crippen LogP contribution in [0.1, 0.15) is 76.7 Å². The van der Waals surface area contributed by atoms with Gasteiger partial charge in [-0.2, -0.15) is 0 Å². The second kappa shape index (κ2) is 11.8. The van der Waals surface area contributed by atoms with Crippen LogP contribution in [0.4, 0.5) is 8.78 Å². The number of rotatable bonds is 9. The molecule has 0 aromatic heterocycles. The molecule has 3 aromatic carbocycles. The summed E-state index contributed by atoms with van der Waals surface area (Å²) < 4.78 is 33.1. The van der Waals surface area contributed by atoms with Crippen molar-refractivity contribution >= 4 is 11.9 Å². The van der Waals surface area contributed by atoms with Gasteiger partial charge < -0.3 is 15.2 Å². The van der Waals surface area contributed by atoms with E-state index in [0.717, 1.165) is 67.0 Å². The van der Waals surface area contributed by atoms with Gasteiger partial charge in [-0.15, -0.1) is 0 Å². The third kappa shape index (κ3) is 6.57. The number of carbonyl (C=O) groups excluding carboxylic acids is 1. The Morgan fingerprint density at radius 3 is 2.34 bits per heavy atom. The van der Waals surface area contributed by atoms with Gasteiger partial charge in [0.05, 0.1) is 5.54 Å². The van der Waals surface area contributed by atoms with E-state index in [0.29, 0.717) is 16.7 Å². The number of ether oxygens (including phenoxy) is 1. The zero-order valence-corrected chi connectivity index (χ0v) is 21.8. The maximum Gasteiger partial charge on any atom is 0.303 e. The van der Waals surface area contributed by atoms with Crippen molar-refractivity contribution in [1.82, 2.24) is 5.32 Å². The highest BCUT2D eigenvalue weighted by Crippen LogP contribution is 2.38. The van der Waals surface area contributed by atoms with Gasteiger partial charge in [0.25, 0.3) is 5.91 Å². The molecule has 4 rings (SSSR count). The number of carbonyl (C=O) groups is 2. The molecular formula is C31H33F2NO4. The van der Waals surface area contributed by atoms with Crippen molar-refractivity contribution in [3.05, 3.63) is 99.6 Å². The van der Waals surface area contributed by atoms with Crippen molar-refractivity contribution < 1.29 is 28.2 Å². The van der Waals surface area contributed by atoms with E-state index in [2.05, 4.69) is 23.5 Å². The van der Waals surface area contributed by atoms with Gasteiger partial charge in [0.1, 0.15) is 12.4 Å². The number of nitrogens with one attached hydrogen (secondary N) is 1. The smallest absolute Gasteiger partial charge is 0.303 e. The van der Waals surface area contributed by atoms with Gasteiger partial charge in [-0.05, 0) is 68.0 Å². The van der Waals surface area contributed by atoms with Crippen LogP contribution >= 0.6 is 0 Å². The van der Waals surface area contributed by atoms with E-state index < -0.39 is 23.1 Å². The highest BCUT2D eigenvalue weighted by atomic mass is 19.1. The van der Waals surface area contributed by atoms with Crippen molar-refractivity contribution in [1.29, 1.82) is 0 Å². The molecule has 0 unspecified atom stereocenters. The first kappa shape index (κ1) is 27.3. The molecule has 0 atom stereocenters. The molecule has 200 valence electrons. The average Bonchev–Trinajstić information content (AvgIpc) is 2.88. The number of halogens is 2. The largest absolute Gasteiger partial charge is 0.486 e. The third-order valence-electron chi connectivity index (χ3n) is 7.15. The topological polar surface area (TPSA) is 75.6 Å². The van der Waals surface area contributed by atoms with E-state index in [1.807, 2.05) is 13.8 Å². The Morgan fingerprint density at radius 2 is 1.66 bits per heavy atom. The summed E-state index contributed by atoms with van der Waals surface area (Å²) in [5.74, 6) is -2.76. The Bertz CT molecular complexity index is 1310. The zero-order valence-electron chi connectivity index (χ0n) is 21.8. The van der Waals surface area contributed by atoms with Gasteiger partial charge in [0.15, 0.2) is 11.6 Å². The van der Waals surface area contributed by atoms with E-state index in [-0.39, 0.29) is 31.1 Å². The van der Waals surface area contributed by atoms with Crippen LogP contribution in [0, 0.1) is 25.5 Å². The number of aliphatic carboxylic acids is 1. The predicted octanol–water partition coefficient (Wildman–Crippen LogP) is 6.77. The van der Waals surface area contributed by atoms with Crippen LogP contribution < -0.4 is 10.1 Å². The van der Waals surface area contributed by atoms with Gasteiger partial charge in [-0.3, -0.25) is 9.59 Å². The molecule has 0 aliphatic heterocycles. The molecule has 2 N–H and O–H groups in total. The molecule has 1 aliphatic rings. The van der Waals surface area contributed by atoms with Crippen LogP contribution in [0.25, 0.3) is 0 Å². The molecule has 7 heteroatoms. The van der Waals surface area contributed by atoms with Crippen LogP contribution in [0.5, 0.6) is 5.75 Å². The Labute approximate surface area is 221 Å². The predicted molar refractivity (Wildman–Crippen MR) is 141 cm³/mol. The van der Waals surface area contributed by atoms with E-state index in [4.69, 9.17) is 4.74 Å². The minimum absolute atomic E-state index is 0.0813. The van der Waals surface area contributed by atoms with Crippen LogP contribution in [-0.2, 0) is 23.4 Å². The number of benzene rings is 3. The first-order valence-electron chi connectivity index (χ1n) is 13.0. The second-order valence-electron chi connectivity index (χ2n) is 10.2. The lowest BCUT2D eigenvalue weighted by molar-refractivity contribution is -0.136. The van der Waals surface area contributed by atoms with Gasteiger partial charge in [0, 0.05) is 18.1 Å². The molecule has 5 nitrogen and oxygen atoms in total. The summed E-state index contributed by atoms with van der Waals surface area (Å²) in [4.78, 5) is 25.1. The number of hydrogen-bond acceptors (Lipinski definition) is 3. The lowest BCUT2D eigenvalue weighted by atomic mass is 9.75. The maximum absolute atomic E-state index is 14.0. The Morgan fingerprint density at radius 1 is 0.947 bits per heavy atom. The van der Waals surface area contributed by atoms with E-state index in [1.54, 1.807) is 18.2 Å². The summed E-state index contributed by atoms with van der Waals surface area (Å²) in [6, 6.07) is 14.4. The fraction of sp³-hybridized carbons (Fsp3) is 0.355. The highest BCUT2D eigenvalue weighted by molar-refractivity contribution is 5.96. The molecule has 0 heterocycles. The van der Waals surface area contributed by atoms with Crippen molar-refractivity contribution in [2.45, 2.75) is 70.9 Å². The third-order valence-corrected chi connectivity index (χ3v) is 7.15. The Kier molecular flexibility index (Phi) is 8.45. The van der Waals surface area contributed by atoms with E-state index >= 15 is 0 Å². The van der Waals surface area contributed by atoms with Gasteiger partial charge >= 0.3 is 5.97 Å². The fourth-order valence-electron chi connectivity index (χ4n) is 5.31. The van der Waals surface area contributed by atoms with Crippen molar-refractivity contribution in [3.63, 3.8) is 0 Å². The normalized spacial score (nSPS) is 14.6. The summed E-state index contributed by atoms with van der Waals surface area (Å²) in [5.41, 5.74) is 4.37. The SMILES string of the molecule is Cc1cc(C)cc(C2(NC(=O)c3cc(COc4cc(F)ccc4F)ccc3CCC(=O)O)CCCCC2)c1.